The second-order valence-electron chi connectivity index (χ2n) is 7.23. The van der Waals surface area contributed by atoms with Crippen LogP contribution in [0.1, 0.15) is 48.0 Å². The second kappa shape index (κ2) is 10.2. The first kappa shape index (κ1) is 21.1. The van der Waals surface area contributed by atoms with Crippen molar-refractivity contribution in [2.45, 2.75) is 39.2 Å². The molecule has 0 atom stereocenters. The van der Waals surface area contributed by atoms with E-state index in [2.05, 4.69) is 22.5 Å². The van der Waals surface area contributed by atoms with Crippen LogP contribution in [-0.2, 0) is 24.2 Å². The van der Waals surface area contributed by atoms with E-state index >= 15 is 0 Å². The number of hydrogen-bond acceptors (Lipinski definition) is 3. The van der Waals surface area contributed by atoms with E-state index in [1.165, 1.54) is 0 Å². The Bertz CT molecular complexity index is 1060. The summed E-state index contributed by atoms with van der Waals surface area (Å²) in [6, 6.07) is 19.2. The van der Waals surface area contributed by atoms with Crippen molar-refractivity contribution < 1.29 is 9.90 Å². The lowest BCUT2D eigenvalue weighted by molar-refractivity contribution is -0.132. The summed E-state index contributed by atoms with van der Waals surface area (Å²) < 4.78 is 2.07. The van der Waals surface area contributed by atoms with Crippen molar-refractivity contribution in [2.24, 2.45) is 0 Å². The van der Waals surface area contributed by atoms with Crippen LogP contribution in [0.3, 0.4) is 0 Å². The number of carboxylic acid groups (broad SMARTS) is 1. The van der Waals surface area contributed by atoms with Gasteiger partial charge in [-0.15, -0.1) is 0 Å². The third-order valence-electron chi connectivity index (χ3n) is 4.98. The zero-order valence-electron chi connectivity index (χ0n) is 17.1. The number of aromatic nitrogens is 2. The molecule has 3 aromatic rings. The highest BCUT2D eigenvalue weighted by Gasteiger charge is 2.14. The summed E-state index contributed by atoms with van der Waals surface area (Å²) in [5, 5.41) is 18.8. The molecule has 1 aromatic heterocycles. The molecule has 0 saturated carbocycles. The fraction of sp³-hybridized carbons (Fsp3) is 0.240. The highest BCUT2D eigenvalue weighted by molar-refractivity contribution is 5.92. The molecule has 0 bridgehead atoms. The fourth-order valence-electron chi connectivity index (χ4n) is 3.31. The quantitative estimate of drug-likeness (QED) is 0.521. The maximum atomic E-state index is 11.9. The molecule has 3 rings (SSSR count). The van der Waals surface area contributed by atoms with Gasteiger partial charge in [0, 0.05) is 25.0 Å². The van der Waals surface area contributed by atoms with Crippen LogP contribution in [0.4, 0.5) is 0 Å². The summed E-state index contributed by atoms with van der Waals surface area (Å²) in [4.78, 5) is 16.5. The summed E-state index contributed by atoms with van der Waals surface area (Å²) in [6.07, 6.45) is 6.74. The molecule has 0 aliphatic heterocycles. The van der Waals surface area contributed by atoms with Gasteiger partial charge in [0.1, 0.15) is 5.82 Å². The first-order valence-corrected chi connectivity index (χ1v) is 10.1. The molecule has 0 saturated heterocycles. The van der Waals surface area contributed by atoms with Crippen molar-refractivity contribution in [1.82, 2.24) is 9.55 Å². The summed E-state index contributed by atoms with van der Waals surface area (Å²) >= 11 is 0. The van der Waals surface area contributed by atoms with Gasteiger partial charge in [-0.3, -0.25) is 0 Å². The van der Waals surface area contributed by atoms with Crippen LogP contribution in [0.2, 0.25) is 0 Å². The molecular formula is C25H25N3O2. The van der Waals surface area contributed by atoms with Gasteiger partial charge in [0.25, 0.3) is 0 Å². The van der Waals surface area contributed by atoms with E-state index in [0.29, 0.717) is 24.1 Å². The number of nitriles is 1. The Labute approximate surface area is 176 Å². The average Bonchev–Trinajstić information content (AvgIpc) is 3.14. The van der Waals surface area contributed by atoms with Crippen molar-refractivity contribution in [1.29, 1.82) is 5.26 Å². The van der Waals surface area contributed by atoms with Crippen LogP contribution < -0.4 is 0 Å². The molecule has 30 heavy (non-hydrogen) atoms. The third kappa shape index (κ3) is 5.45. The number of imidazole rings is 1. The van der Waals surface area contributed by atoms with E-state index in [9.17, 15) is 9.90 Å². The van der Waals surface area contributed by atoms with Gasteiger partial charge in [-0.1, -0.05) is 55.8 Å². The molecule has 0 aliphatic carbocycles. The molecule has 1 heterocycles. The molecule has 0 fully saturated rings. The van der Waals surface area contributed by atoms with Gasteiger partial charge in [-0.05, 0) is 35.8 Å². The molecule has 1 N–H and O–H groups in total. The zero-order valence-corrected chi connectivity index (χ0v) is 17.1. The molecule has 0 spiro atoms. The van der Waals surface area contributed by atoms with E-state index in [1.54, 1.807) is 24.4 Å². The first-order valence-electron chi connectivity index (χ1n) is 10.1. The predicted molar refractivity (Wildman–Crippen MR) is 117 cm³/mol. The number of benzene rings is 2. The summed E-state index contributed by atoms with van der Waals surface area (Å²) in [6.45, 7) is 2.71. The van der Waals surface area contributed by atoms with Gasteiger partial charge < -0.3 is 9.67 Å². The first-order chi connectivity index (χ1) is 14.6. The Balaban J connectivity index is 1.95. The molecule has 0 aliphatic rings. The Kier molecular flexibility index (Phi) is 7.18. The number of carboxylic acids is 1. The lowest BCUT2D eigenvalue weighted by atomic mass is 10.0. The zero-order chi connectivity index (χ0) is 21.3. The average molecular weight is 399 g/mol. The number of nitrogens with zero attached hydrogens (tertiary/aromatic N) is 3. The second-order valence-corrected chi connectivity index (χ2v) is 7.23. The van der Waals surface area contributed by atoms with E-state index < -0.39 is 5.97 Å². The standard InChI is InChI=1S/C25H25N3O2/c1-2-3-9-24-27-17-23(28(24)18-21-12-10-20(16-26)11-13-21)15-22(25(29)30)14-19-7-5-4-6-8-19/h4-8,10-13,15,17H,2-3,9,14,18H2,1H3,(H,29,30)/b22-15+. The van der Waals surface area contributed by atoms with Crippen LogP contribution in [0.15, 0.2) is 66.4 Å². The minimum absolute atomic E-state index is 0.323. The number of hydrogen-bond donors (Lipinski definition) is 1. The van der Waals surface area contributed by atoms with Crippen molar-refractivity contribution >= 4 is 12.0 Å². The van der Waals surface area contributed by atoms with Gasteiger partial charge >= 0.3 is 5.97 Å². The van der Waals surface area contributed by atoms with Crippen LogP contribution >= 0.6 is 0 Å². The smallest absolute Gasteiger partial charge is 0.331 e. The van der Waals surface area contributed by atoms with E-state index in [4.69, 9.17) is 5.26 Å². The fourth-order valence-corrected chi connectivity index (χ4v) is 3.31. The maximum Gasteiger partial charge on any atom is 0.331 e. The van der Waals surface area contributed by atoms with Gasteiger partial charge in [0.2, 0.25) is 0 Å². The maximum absolute atomic E-state index is 11.9. The minimum atomic E-state index is -0.930. The Morgan fingerprint density at radius 2 is 1.87 bits per heavy atom. The Hall–Kier alpha value is -3.65. The van der Waals surface area contributed by atoms with Gasteiger partial charge in [0.15, 0.2) is 0 Å². The normalized spacial score (nSPS) is 11.3. The lowest BCUT2D eigenvalue weighted by Crippen LogP contribution is -2.09. The van der Waals surface area contributed by atoms with Crippen LogP contribution in [0.25, 0.3) is 6.08 Å². The Morgan fingerprint density at radius 1 is 1.13 bits per heavy atom. The summed E-state index contributed by atoms with van der Waals surface area (Å²) in [5.41, 5.74) is 3.71. The molecular weight excluding hydrogens is 374 g/mol. The molecule has 152 valence electrons. The van der Waals surface area contributed by atoms with Crippen LogP contribution in [-0.4, -0.2) is 20.6 Å². The van der Waals surface area contributed by atoms with Crippen molar-refractivity contribution in [2.75, 3.05) is 0 Å². The molecule has 0 unspecified atom stereocenters. The van der Waals surface area contributed by atoms with Crippen LogP contribution in [0, 0.1) is 11.3 Å². The predicted octanol–water partition coefficient (Wildman–Crippen LogP) is 4.86. The number of aryl methyl sites for hydroxylation is 1. The number of aliphatic carboxylic acids is 1. The van der Waals surface area contributed by atoms with Gasteiger partial charge in [-0.2, -0.15) is 5.26 Å². The topological polar surface area (TPSA) is 78.9 Å². The molecule has 2 aromatic carbocycles. The molecule has 0 radical (unpaired) electrons. The number of carbonyl (C=O) groups is 1. The molecule has 0 amide bonds. The summed E-state index contributed by atoms with van der Waals surface area (Å²) in [5.74, 6) is 0.0111. The monoisotopic (exact) mass is 399 g/mol. The van der Waals surface area contributed by atoms with Crippen molar-refractivity contribution in [3.05, 3.63) is 94.6 Å². The SMILES string of the molecule is CCCCc1ncc(/C=C(\Cc2ccccc2)C(=O)O)n1Cc1ccc(C#N)cc1. The largest absolute Gasteiger partial charge is 0.478 e. The molecule has 5 nitrogen and oxygen atoms in total. The summed E-state index contributed by atoms with van der Waals surface area (Å²) in [7, 11) is 0. The van der Waals surface area contributed by atoms with Crippen molar-refractivity contribution in [3.63, 3.8) is 0 Å². The Morgan fingerprint density at radius 3 is 2.50 bits per heavy atom. The number of rotatable bonds is 9. The lowest BCUT2D eigenvalue weighted by Gasteiger charge is -2.12. The van der Waals surface area contributed by atoms with E-state index in [-0.39, 0.29) is 0 Å². The third-order valence-corrected chi connectivity index (χ3v) is 4.98. The highest BCUT2D eigenvalue weighted by Crippen LogP contribution is 2.18. The van der Waals surface area contributed by atoms with Crippen LogP contribution in [0.5, 0.6) is 0 Å². The van der Waals surface area contributed by atoms with E-state index in [1.807, 2.05) is 42.5 Å². The van der Waals surface area contributed by atoms with Crippen molar-refractivity contribution in [3.8, 4) is 6.07 Å². The van der Waals surface area contributed by atoms with Gasteiger partial charge in [0.05, 0.1) is 23.5 Å². The van der Waals surface area contributed by atoms with Gasteiger partial charge in [-0.25, -0.2) is 9.78 Å². The minimum Gasteiger partial charge on any atom is -0.478 e. The molecule has 5 heteroatoms. The number of unbranched alkanes of at least 4 members (excludes halogenated alkanes) is 1. The van der Waals surface area contributed by atoms with E-state index in [0.717, 1.165) is 41.9 Å². The highest BCUT2D eigenvalue weighted by atomic mass is 16.4.